The van der Waals surface area contributed by atoms with Crippen LogP contribution in [-0.4, -0.2) is 105 Å². The van der Waals surface area contributed by atoms with Crippen LogP contribution in [0.25, 0.3) is 0 Å². The maximum absolute atomic E-state index is 5.70. The Labute approximate surface area is 795 Å². The van der Waals surface area contributed by atoms with Crippen LogP contribution in [0.2, 0.25) is 0 Å². The summed E-state index contributed by atoms with van der Waals surface area (Å²) in [5.41, 5.74) is 12.4. The molecule has 1 aliphatic heterocycles. The molecule has 0 radical (unpaired) electrons. The van der Waals surface area contributed by atoms with Gasteiger partial charge >= 0.3 is 0 Å². The molecule has 712 valence electrons. The van der Waals surface area contributed by atoms with Crippen LogP contribution in [0.5, 0.6) is 0 Å². The number of nitrogens with zero attached hydrogens (tertiary/aromatic N) is 12. The number of aryl methyl sites for hydroxylation is 3. The third kappa shape index (κ3) is 51.5. The second-order valence-electron chi connectivity index (χ2n) is 51.1. The van der Waals surface area contributed by atoms with Gasteiger partial charge in [0.1, 0.15) is 33.4 Å². The molecule has 8 rings (SSSR count). The largest absolute Gasteiger partial charge is 0.440 e. The molecule has 7 aromatic rings. The Kier molecular flexibility index (Phi) is 45.3. The van der Waals surface area contributed by atoms with Gasteiger partial charge in [-0.2, -0.15) is 10.2 Å². The third-order valence-corrected chi connectivity index (χ3v) is 29.4. The minimum absolute atomic E-state index is 0.0491. The highest BCUT2D eigenvalue weighted by Gasteiger charge is 2.30. The monoisotopic (exact) mass is 1870 g/mol. The van der Waals surface area contributed by atoms with Gasteiger partial charge in [-0.25, -0.2) is 19.9 Å². The molecule has 23 heteroatoms. The number of aliphatic imine (C=N–C) groups is 1. The van der Waals surface area contributed by atoms with E-state index in [1.807, 2.05) is 94.7 Å². The van der Waals surface area contributed by atoms with Gasteiger partial charge in [0, 0.05) is 160 Å². The molecule has 0 saturated heterocycles. The number of allylic oxidation sites excluding steroid dienone is 2. The normalized spacial score (nSPS) is 13.7. The summed E-state index contributed by atoms with van der Waals surface area (Å²) < 4.78 is 24.5. The van der Waals surface area contributed by atoms with Gasteiger partial charge in [0.2, 0.25) is 0 Å². The highest BCUT2D eigenvalue weighted by molar-refractivity contribution is 8.14. The van der Waals surface area contributed by atoms with E-state index in [1.165, 1.54) is 44.0 Å². The first-order valence-electron chi connectivity index (χ1n) is 44.5. The molecule has 0 amide bonds. The van der Waals surface area contributed by atoms with E-state index in [0.717, 1.165) is 94.7 Å². The van der Waals surface area contributed by atoms with Crippen molar-refractivity contribution in [1.29, 1.82) is 0 Å². The van der Waals surface area contributed by atoms with Gasteiger partial charge in [-0.05, 0) is 60.2 Å². The average molecular weight is 1870 g/mol. The Bertz CT molecular complexity index is 4210. The van der Waals surface area contributed by atoms with E-state index in [0.29, 0.717) is 43.3 Å². The molecule has 1 aliphatic rings. The lowest BCUT2D eigenvalue weighted by molar-refractivity contribution is 0.353. The first-order valence-corrected chi connectivity index (χ1v) is 52.4. The molecule has 0 aliphatic carbocycles. The molecule has 0 aromatic carbocycles. The minimum atomic E-state index is 0.0491. The summed E-state index contributed by atoms with van der Waals surface area (Å²) in [5, 5.41) is 21.7. The Morgan fingerprint density at radius 2 is 0.774 bits per heavy atom. The van der Waals surface area contributed by atoms with Gasteiger partial charge in [0.15, 0.2) is 10.3 Å². The molecule has 15 nitrogen and oxygen atoms in total. The van der Waals surface area contributed by atoms with Crippen LogP contribution in [0.4, 0.5) is 0 Å². The first kappa shape index (κ1) is 119. The van der Waals surface area contributed by atoms with Gasteiger partial charge in [-0.3, -0.25) is 14.4 Å². The molecule has 0 spiro atoms. The fourth-order valence-corrected chi connectivity index (χ4v) is 17.9. The van der Waals surface area contributed by atoms with Crippen LogP contribution < -0.4 is 0 Å². The van der Waals surface area contributed by atoms with Crippen LogP contribution in [0, 0.1) is 48.7 Å². The molecular weight excluding hydrogens is 1690 g/mol. The Morgan fingerprint density at radius 3 is 1.15 bits per heavy atom. The van der Waals surface area contributed by atoms with Crippen LogP contribution in [0.3, 0.4) is 0 Å². The topological polar surface area (TPSA) is 162 Å². The van der Waals surface area contributed by atoms with Gasteiger partial charge in [-0.1, -0.05) is 391 Å². The number of aromatic nitrogens is 11. The summed E-state index contributed by atoms with van der Waals surface area (Å²) in [5.74, 6) is 9.62. The van der Waals surface area contributed by atoms with Crippen molar-refractivity contribution >= 4 is 99.1 Å². The summed E-state index contributed by atoms with van der Waals surface area (Å²) in [6, 6.07) is 2.22. The van der Waals surface area contributed by atoms with E-state index < -0.39 is 0 Å². The summed E-state index contributed by atoms with van der Waals surface area (Å²) in [6.07, 6.45) is 15.0. The maximum atomic E-state index is 5.70. The van der Waals surface area contributed by atoms with E-state index in [9.17, 15) is 0 Å². The molecular formula is C101H182N12O3S8. The van der Waals surface area contributed by atoms with Crippen molar-refractivity contribution in [3.8, 4) is 0 Å². The number of hydrogen-bond donors (Lipinski definition) is 0. The number of rotatable bonds is 15. The molecule has 8 heterocycles. The number of thioether (sulfide) groups is 8. The second kappa shape index (κ2) is 47.4. The highest BCUT2D eigenvalue weighted by Crippen LogP contribution is 2.41. The zero-order valence-corrected chi connectivity index (χ0v) is 95.4. The summed E-state index contributed by atoms with van der Waals surface area (Å²) in [4.78, 5) is 22.7. The van der Waals surface area contributed by atoms with Crippen molar-refractivity contribution in [2.24, 2.45) is 81.9 Å². The number of hydrogen-bond acceptors (Lipinski definition) is 19. The molecule has 0 fully saturated rings. The van der Waals surface area contributed by atoms with E-state index in [-0.39, 0.29) is 43.3 Å². The lowest BCUT2D eigenvalue weighted by atomic mass is 9.90. The van der Waals surface area contributed by atoms with Crippen LogP contribution >= 0.6 is 94.1 Å². The van der Waals surface area contributed by atoms with Crippen molar-refractivity contribution in [3.05, 3.63) is 94.8 Å². The number of oxazole rings is 2. The molecule has 0 unspecified atom stereocenters. The Morgan fingerprint density at radius 1 is 0.355 bits per heavy atom. The molecule has 0 bridgehead atoms. The fraction of sp³-hybridized carbons (Fsp3) is 0.762. The number of imidazole rings is 2. The van der Waals surface area contributed by atoms with Crippen molar-refractivity contribution in [3.63, 3.8) is 0 Å². The summed E-state index contributed by atoms with van der Waals surface area (Å²) in [6.45, 7) is 107. The van der Waals surface area contributed by atoms with E-state index >= 15 is 0 Å². The molecule has 0 atom stereocenters. The predicted molar refractivity (Wildman–Crippen MR) is 556 cm³/mol. The molecule has 124 heavy (non-hydrogen) atoms. The molecule has 7 aromatic heterocycles. The van der Waals surface area contributed by atoms with Gasteiger partial charge in [0.25, 0.3) is 10.4 Å². The summed E-state index contributed by atoms with van der Waals surface area (Å²) >= 11 is 14.5. The smallest absolute Gasteiger partial charge is 0.255 e. The van der Waals surface area contributed by atoms with Crippen molar-refractivity contribution < 1.29 is 13.4 Å². The minimum Gasteiger partial charge on any atom is -0.440 e. The van der Waals surface area contributed by atoms with E-state index in [4.69, 9.17) is 23.3 Å². The van der Waals surface area contributed by atoms with E-state index in [1.54, 1.807) is 47.8 Å². The van der Waals surface area contributed by atoms with Crippen LogP contribution in [0.15, 0.2) is 109 Å². The zero-order chi connectivity index (χ0) is 97.0. The predicted octanol–water partition coefficient (Wildman–Crippen LogP) is 32.3. The lowest BCUT2D eigenvalue weighted by Gasteiger charge is -2.20. The third-order valence-electron chi connectivity index (χ3n) is 17.0. The SMILES string of the molecule is CC(C)(C)CSC1=NC(C(C)(C)C)=CC1.CC(C)(C)CSc1nc(C(C)(C)C)co1.CC(C)(C)CSc1ncc(C(C)(C)C)o1.CC(C)(C)CSc1nocc1C(C)(C)C.Cn1c(C(C)(C)C)cnc1SCC(C)(C)C.Cn1cc(C(C)(C)C)c(SCC(C)(C)C)n1.Cn1cc(C(C)(C)C)nc1SCC(C)(C)C.Cn1nc(SCC(C)(C)C)cc1C(C)(C)C. The zero-order valence-electron chi connectivity index (χ0n) is 88.8. The summed E-state index contributed by atoms with van der Waals surface area (Å²) in [7, 11) is 8.21. The quantitative estimate of drug-likeness (QED) is 0.0890. The van der Waals surface area contributed by atoms with Crippen molar-refractivity contribution in [2.75, 3.05) is 46.0 Å². The van der Waals surface area contributed by atoms with Gasteiger partial charge in [-0.15, -0.1) is 47.0 Å². The lowest BCUT2D eigenvalue weighted by Crippen LogP contribution is -2.16. The second-order valence-corrected chi connectivity index (χ2v) is 58.8. The highest BCUT2D eigenvalue weighted by atomic mass is 32.2. The van der Waals surface area contributed by atoms with E-state index in [2.05, 4.69) is 410 Å². The standard InChI is InChI=1S/4C13H24N2S.C13H23NS.3C12H21NOS/c1-12(2,3)9-16-11-14-10(8-15(11)7)13(4,5)6;1-12(2,3)9-16-11-14-8-10(15(11)7)13(4,5)6;1-12(2,3)9-16-11-10(13(4,5)6)8-15(7)14-11;1-12(2,3)9-16-11-8-10(13(4,5)6)15(7)14-11;1-12(2,3)9-15-11-8-7-10(14-11)13(4,5)6;1-11(2,3)8-15-10-13-9(7-14-10)12(4,5)6;1-11(2,3)8-15-10-13-7-9(14-10)12(4,5)6;1-11(2,3)8-15-10-9(7-14-13-10)12(4,5)6/h4*8H,9H2,1-7H3;7H,8-9H2,1-6H3;3*7H,8H2,1-6H3. The fourth-order valence-electron chi connectivity index (χ4n) is 9.89. The molecule has 0 N–H and O–H groups in total. The first-order chi connectivity index (χ1) is 55.1. The van der Waals surface area contributed by atoms with Crippen LogP contribution in [-0.2, 0) is 66.1 Å². The van der Waals surface area contributed by atoms with Crippen molar-refractivity contribution in [1.82, 2.24) is 53.8 Å². The van der Waals surface area contributed by atoms with Gasteiger partial charge < -0.3 is 22.5 Å². The Hall–Kier alpha value is -3.32. The molecule has 0 saturated carbocycles. The Balaban J connectivity index is 0.000000709. The van der Waals surface area contributed by atoms with Gasteiger partial charge in [0.05, 0.1) is 22.6 Å². The average Bonchev–Trinajstić information content (AvgIpc) is 1.68. The maximum Gasteiger partial charge on any atom is 0.255 e. The van der Waals surface area contributed by atoms with Crippen molar-refractivity contribution in [2.45, 2.75) is 413 Å². The van der Waals surface area contributed by atoms with Crippen LogP contribution in [0.1, 0.15) is 378 Å².